The van der Waals surface area contributed by atoms with E-state index < -0.39 is 12.0 Å². The van der Waals surface area contributed by atoms with Gasteiger partial charge in [0, 0.05) is 23.5 Å². The highest BCUT2D eigenvalue weighted by Gasteiger charge is 2.19. The lowest BCUT2D eigenvalue weighted by Gasteiger charge is -2.08. The summed E-state index contributed by atoms with van der Waals surface area (Å²) < 4.78 is 5.25. The Hall–Kier alpha value is -2.82. The lowest BCUT2D eigenvalue weighted by molar-refractivity contribution is -0.138. The molecule has 1 aromatic carbocycles. The molecule has 0 bridgehead atoms. The number of fused-ring (bicyclic) bond motifs is 1. The van der Waals surface area contributed by atoms with Gasteiger partial charge in [0.2, 0.25) is 0 Å². The van der Waals surface area contributed by atoms with Crippen molar-refractivity contribution >= 4 is 22.6 Å². The minimum atomic E-state index is -0.948. The van der Waals surface area contributed by atoms with Gasteiger partial charge in [0.15, 0.2) is 6.04 Å². The lowest BCUT2D eigenvalue weighted by Crippen LogP contribution is -2.22. The van der Waals surface area contributed by atoms with Gasteiger partial charge in [-0.1, -0.05) is 18.2 Å². The molecule has 3 aromatic rings. The fraction of sp³-hybridized carbons (Fsp3) is 0.176. The number of rotatable bonds is 5. The van der Waals surface area contributed by atoms with E-state index in [4.69, 9.17) is 4.42 Å². The van der Waals surface area contributed by atoms with Gasteiger partial charge in [-0.2, -0.15) is 0 Å². The Morgan fingerprint density at radius 2 is 2.14 bits per heavy atom. The molecule has 3 rings (SSSR count). The minimum absolute atomic E-state index is 0.331. The summed E-state index contributed by atoms with van der Waals surface area (Å²) in [4.78, 5) is 19.0. The Morgan fingerprint density at radius 3 is 2.86 bits per heavy atom. The van der Waals surface area contributed by atoms with Gasteiger partial charge in [-0.25, -0.2) is 4.79 Å². The third-order valence-electron chi connectivity index (χ3n) is 3.60. The second-order valence-electron chi connectivity index (χ2n) is 5.11. The minimum Gasteiger partial charge on any atom is -0.480 e. The molecule has 1 atom stereocenters. The van der Waals surface area contributed by atoms with Crippen LogP contribution in [-0.4, -0.2) is 27.8 Å². The van der Waals surface area contributed by atoms with Gasteiger partial charge in [-0.15, -0.1) is 0 Å². The van der Waals surface area contributed by atoms with Crippen molar-refractivity contribution in [3.8, 4) is 0 Å². The summed E-state index contributed by atoms with van der Waals surface area (Å²) in [5.74, 6) is -0.360. The molecule has 0 saturated heterocycles. The largest absolute Gasteiger partial charge is 0.480 e. The summed E-state index contributed by atoms with van der Waals surface area (Å²) in [5.41, 5.74) is 2.52. The van der Waals surface area contributed by atoms with Crippen LogP contribution in [0.4, 0.5) is 0 Å². The summed E-state index contributed by atoms with van der Waals surface area (Å²) in [7, 11) is 0. The van der Waals surface area contributed by atoms with Crippen LogP contribution in [0.3, 0.4) is 0 Å². The molecule has 0 aliphatic carbocycles. The van der Waals surface area contributed by atoms with Crippen LogP contribution in [0.15, 0.2) is 58.3 Å². The maximum absolute atomic E-state index is 11.5. The molecule has 1 unspecified atom stereocenters. The van der Waals surface area contributed by atoms with E-state index in [2.05, 4.69) is 9.98 Å². The monoisotopic (exact) mass is 296 g/mol. The lowest BCUT2D eigenvalue weighted by atomic mass is 10.1. The number of nitrogens with one attached hydrogen (secondary N) is 1. The third kappa shape index (κ3) is 2.79. The van der Waals surface area contributed by atoms with Gasteiger partial charge in [-0.3, -0.25) is 4.99 Å². The standard InChI is InChI=1S/C17H16N2O3/c1-11(16-7-4-8-22-16)19-15(17(20)21)9-12-10-18-14-6-3-2-5-13(12)14/h2-8,10,15,18H,9H2,1H3,(H,20,21). The highest BCUT2D eigenvalue weighted by Crippen LogP contribution is 2.20. The molecule has 0 fully saturated rings. The summed E-state index contributed by atoms with van der Waals surface area (Å²) in [6, 6.07) is 10.5. The highest BCUT2D eigenvalue weighted by molar-refractivity contribution is 5.97. The number of aliphatic carboxylic acids is 1. The molecule has 0 spiro atoms. The first-order chi connectivity index (χ1) is 10.6. The van der Waals surface area contributed by atoms with Crippen molar-refractivity contribution in [3.05, 3.63) is 60.2 Å². The zero-order valence-electron chi connectivity index (χ0n) is 12.1. The molecule has 0 aliphatic heterocycles. The van der Waals surface area contributed by atoms with Gasteiger partial charge in [-0.05, 0) is 30.7 Å². The first kappa shape index (κ1) is 14.1. The molecule has 112 valence electrons. The van der Waals surface area contributed by atoms with Crippen LogP contribution < -0.4 is 0 Å². The first-order valence-electron chi connectivity index (χ1n) is 7.01. The smallest absolute Gasteiger partial charge is 0.328 e. The Bertz CT molecular complexity index is 815. The molecule has 22 heavy (non-hydrogen) atoms. The first-order valence-corrected chi connectivity index (χ1v) is 7.01. The molecular formula is C17H16N2O3. The predicted octanol–water partition coefficient (Wildman–Crippen LogP) is 3.27. The van der Waals surface area contributed by atoms with Gasteiger partial charge in [0.05, 0.1) is 12.0 Å². The van der Waals surface area contributed by atoms with Crippen LogP contribution in [0.25, 0.3) is 10.9 Å². The Balaban J connectivity index is 1.89. The molecule has 2 N–H and O–H groups in total. The van der Waals surface area contributed by atoms with Gasteiger partial charge < -0.3 is 14.5 Å². The Kier molecular flexibility index (Phi) is 3.78. The molecule has 0 radical (unpaired) electrons. The number of benzene rings is 1. The number of hydrogen-bond donors (Lipinski definition) is 2. The predicted molar refractivity (Wildman–Crippen MR) is 84.3 cm³/mol. The molecule has 5 nitrogen and oxygen atoms in total. The second-order valence-corrected chi connectivity index (χ2v) is 5.11. The number of aliphatic imine (C=N–C) groups is 1. The van der Waals surface area contributed by atoms with Crippen molar-refractivity contribution in [2.45, 2.75) is 19.4 Å². The van der Waals surface area contributed by atoms with E-state index in [0.29, 0.717) is 17.9 Å². The average Bonchev–Trinajstić information content (AvgIpc) is 3.16. The van der Waals surface area contributed by atoms with Crippen molar-refractivity contribution in [2.75, 3.05) is 0 Å². The van der Waals surface area contributed by atoms with Crippen LogP contribution in [0.5, 0.6) is 0 Å². The van der Waals surface area contributed by atoms with Crippen molar-refractivity contribution in [3.63, 3.8) is 0 Å². The molecule has 2 heterocycles. The zero-order valence-corrected chi connectivity index (χ0v) is 12.1. The van der Waals surface area contributed by atoms with E-state index in [-0.39, 0.29) is 0 Å². The summed E-state index contributed by atoms with van der Waals surface area (Å²) in [5, 5.41) is 10.5. The summed E-state index contributed by atoms with van der Waals surface area (Å²) in [6.07, 6.45) is 3.72. The molecule has 0 amide bonds. The number of H-pyrrole nitrogens is 1. The number of carbonyl (C=O) groups is 1. The van der Waals surface area contributed by atoms with Crippen LogP contribution in [0.1, 0.15) is 18.2 Å². The Morgan fingerprint density at radius 1 is 1.32 bits per heavy atom. The van der Waals surface area contributed by atoms with Gasteiger partial charge in [0.25, 0.3) is 0 Å². The van der Waals surface area contributed by atoms with Crippen LogP contribution >= 0.6 is 0 Å². The fourth-order valence-corrected chi connectivity index (χ4v) is 2.48. The number of aromatic nitrogens is 1. The van der Waals surface area contributed by atoms with E-state index in [1.54, 1.807) is 25.3 Å². The van der Waals surface area contributed by atoms with Gasteiger partial charge >= 0.3 is 5.97 Å². The third-order valence-corrected chi connectivity index (χ3v) is 3.60. The zero-order chi connectivity index (χ0) is 15.5. The van der Waals surface area contributed by atoms with Crippen LogP contribution in [-0.2, 0) is 11.2 Å². The summed E-state index contributed by atoms with van der Waals surface area (Å²) >= 11 is 0. The molecule has 5 heteroatoms. The maximum atomic E-state index is 11.5. The van der Waals surface area contributed by atoms with Crippen molar-refractivity contribution in [1.82, 2.24) is 4.98 Å². The van der Waals surface area contributed by atoms with Crippen molar-refractivity contribution < 1.29 is 14.3 Å². The number of para-hydroxylation sites is 1. The van der Waals surface area contributed by atoms with Crippen LogP contribution in [0, 0.1) is 0 Å². The molecular weight excluding hydrogens is 280 g/mol. The number of furan rings is 1. The SMILES string of the molecule is CC(=NC(Cc1c[nH]c2ccccc12)C(=O)O)c1ccco1. The average molecular weight is 296 g/mol. The van der Waals surface area contributed by atoms with Gasteiger partial charge in [0.1, 0.15) is 5.76 Å². The number of hydrogen-bond acceptors (Lipinski definition) is 3. The highest BCUT2D eigenvalue weighted by atomic mass is 16.4. The Labute approximate surface area is 127 Å². The molecule has 0 aliphatic rings. The van der Waals surface area contributed by atoms with Crippen molar-refractivity contribution in [1.29, 1.82) is 0 Å². The molecule has 2 aromatic heterocycles. The number of carboxylic acids is 1. The normalized spacial score (nSPS) is 13.4. The quantitative estimate of drug-likeness (QED) is 0.709. The number of aromatic amines is 1. The maximum Gasteiger partial charge on any atom is 0.328 e. The van der Waals surface area contributed by atoms with E-state index in [9.17, 15) is 9.90 Å². The second kappa shape index (κ2) is 5.89. The summed E-state index contributed by atoms with van der Waals surface area (Å²) in [6.45, 7) is 1.75. The van der Waals surface area contributed by atoms with E-state index in [1.165, 1.54) is 0 Å². The number of carboxylic acid groups (broad SMARTS) is 1. The molecule has 0 saturated carbocycles. The van der Waals surface area contributed by atoms with E-state index in [0.717, 1.165) is 16.5 Å². The van der Waals surface area contributed by atoms with Crippen molar-refractivity contribution in [2.24, 2.45) is 4.99 Å². The van der Waals surface area contributed by atoms with Crippen LogP contribution in [0.2, 0.25) is 0 Å². The van der Waals surface area contributed by atoms with E-state index in [1.807, 2.05) is 30.5 Å². The fourth-order valence-electron chi connectivity index (χ4n) is 2.48. The number of nitrogens with zero attached hydrogens (tertiary/aromatic N) is 1. The van der Waals surface area contributed by atoms with E-state index >= 15 is 0 Å². The topological polar surface area (TPSA) is 78.6 Å².